The van der Waals surface area contributed by atoms with Crippen LogP contribution in [0.3, 0.4) is 0 Å². The van der Waals surface area contributed by atoms with E-state index in [2.05, 4.69) is 13.2 Å². The molecule has 14 nitrogen and oxygen atoms in total. The number of hydrogen-bond acceptors (Lipinski definition) is 13. The Bertz CT molecular complexity index is 2200. The molecule has 2 aliphatic rings. The van der Waals surface area contributed by atoms with Gasteiger partial charge in [-0.2, -0.15) is 0 Å². The number of benzene rings is 3. The van der Waals surface area contributed by atoms with E-state index in [1.807, 2.05) is 24.3 Å². The molecule has 0 bridgehead atoms. The maximum atomic E-state index is 13.4. The number of ether oxygens (including phenoxy) is 6. The number of carboxylic acids is 1. The van der Waals surface area contributed by atoms with Crippen LogP contribution in [0.1, 0.15) is 124 Å². The van der Waals surface area contributed by atoms with E-state index >= 15 is 0 Å². The molecule has 0 heterocycles. The van der Waals surface area contributed by atoms with Crippen LogP contribution in [0, 0.1) is 23.7 Å². The van der Waals surface area contributed by atoms with Gasteiger partial charge in [0.05, 0.1) is 38.3 Å². The zero-order valence-corrected chi connectivity index (χ0v) is 39.5. The van der Waals surface area contributed by atoms with Gasteiger partial charge in [0.25, 0.3) is 0 Å². The molecule has 0 amide bonds. The fourth-order valence-electron chi connectivity index (χ4n) is 8.59. The molecule has 0 saturated heterocycles. The highest BCUT2D eigenvalue weighted by Gasteiger charge is 2.33. The molecule has 0 atom stereocenters. The highest BCUT2D eigenvalue weighted by atomic mass is 16.5. The van der Waals surface area contributed by atoms with Crippen molar-refractivity contribution in [2.45, 2.75) is 116 Å². The first-order valence-electron chi connectivity index (χ1n) is 24.3. The summed E-state index contributed by atoms with van der Waals surface area (Å²) in [5.41, 5.74) is 1.16. The third kappa shape index (κ3) is 18.5. The highest BCUT2D eigenvalue weighted by Crippen LogP contribution is 2.34. The molecule has 3 aromatic rings. The Labute approximate surface area is 404 Å². The van der Waals surface area contributed by atoms with Gasteiger partial charge in [0.2, 0.25) is 0 Å². The van der Waals surface area contributed by atoms with E-state index in [9.17, 15) is 38.7 Å². The van der Waals surface area contributed by atoms with Crippen molar-refractivity contribution in [3.63, 3.8) is 0 Å². The van der Waals surface area contributed by atoms with E-state index < -0.39 is 29.8 Å². The maximum absolute atomic E-state index is 13.4. The summed E-state index contributed by atoms with van der Waals surface area (Å²) in [6.07, 6.45) is 13.5. The predicted molar refractivity (Wildman–Crippen MR) is 256 cm³/mol. The van der Waals surface area contributed by atoms with Crippen molar-refractivity contribution < 1.29 is 67.1 Å². The lowest BCUT2D eigenvalue weighted by Gasteiger charge is -2.27. The normalized spacial score (nSPS) is 17.6. The predicted octanol–water partition coefficient (Wildman–Crippen LogP) is 9.77. The SMILES string of the molecule is C=CC(=O)OCCCCCCOc1ccc(CC(=O)C2CCC(C(=O)Oc3ccc(CC(=O)C4CCC(C(=O)Oc5ccc(OCCCCCCOC(=O)C=C)cc5)CC4)cc3C(=O)O)CC2)cc1. The molecule has 0 aromatic heterocycles. The van der Waals surface area contributed by atoms with E-state index in [0.29, 0.717) is 94.9 Å². The number of carbonyl (C=O) groups is 7. The number of esters is 4. The van der Waals surface area contributed by atoms with Gasteiger partial charge in [-0.05, 0) is 162 Å². The smallest absolute Gasteiger partial charge is 0.339 e. The molecule has 69 heavy (non-hydrogen) atoms. The molecule has 0 spiro atoms. The van der Waals surface area contributed by atoms with Crippen molar-refractivity contribution in [2.24, 2.45) is 23.7 Å². The first-order valence-corrected chi connectivity index (χ1v) is 24.3. The lowest BCUT2D eigenvalue weighted by Crippen LogP contribution is -2.29. The second-order valence-electron chi connectivity index (χ2n) is 17.7. The van der Waals surface area contributed by atoms with Crippen molar-refractivity contribution in [1.29, 1.82) is 0 Å². The zero-order valence-electron chi connectivity index (χ0n) is 39.5. The number of ketones is 2. The Hall–Kier alpha value is -6.57. The molecular weight excluding hydrogens is 885 g/mol. The molecular formula is C55H66O14. The van der Waals surface area contributed by atoms with Crippen LogP contribution in [0.2, 0.25) is 0 Å². The Morgan fingerprint density at radius 3 is 1.33 bits per heavy atom. The second-order valence-corrected chi connectivity index (χ2v) is 17.7. The van der Waals surface area contributed by atoms with Gasteiger partial charge in [-0.15, -0.1) is 0 Å². The lowest BCUT2D eigenvalue weighted by molar-refractivity contribution is -0.141. The van der Waals surface area contributed by atoms with Gasteiger partial charge >= 0.3 is 29.8 Å². The van der Waals surface area contributed by atoms with Crippen molar-refractivity contribution in [1.82, 2.24) is 0 Å². The number of aromatic carboxylic acids is 1. The first-order chi connectivity index (χ1) is 33.4. The number of carbonyl (C=O) groups excluding carboxylic acids is 6. The van der Waals surface area contributed by atoms with E-state index in [-0.39, 0.29) is 59.4 Å². The molecule has 14 heteroatoms. The van der Waals surface area contributed by atoms with Crippen LogP contribution in [-0.2, 0) is 51.1 Å². The second kappa shape index (κ2) is 28.7. The summed E-state index contributed by atoms with van der Waals surface area (Å²) >= 11 is 0. The summed E-state index contributed by atoms with van der Waals surface area (Å²) in [5, 5.41) is 10.0. The Morgan fingerprint density at radius 1 is 0.478 bits per heavy atom. The molecule has 0 unspecified atom stereocenters. The Kier molecular flexibility index (Phi) is 22.2. The molecule has 0 radical (unpaired) electrons. The number of hydrogen-bond donors (Lipinski definition) is 1. The topological polar surface area (TPSA) is 195 Å². The van der Waals surface area contributed by atoms with Gasteiger partial charge in [0.15, 0.2) is 0 Å². The van der Waals surface area contributed by atoms with Gasteiger partial charge in [-0.25, -0.2) is 14.4 Å². The number of unbranched alkanes of at least 4 members (excludes halogenated alkanes) is 6. The molecule has 3 aromatic carbocycles. The highest BCUT2D eigenvalue weighted by molar-refractivity contribution is 5.93. The van der Waals surface area contributed by atoms with Crippen LogP contribution < -0.4 is 18.9 Å². The third-order valence-corrected chi connectivity index (χ3v) is 12.7. The minimum Gasteiger partial charge on any atom is -0.494 e. The van der Waals surface area contributed by atoms with E-state index in [0.717, 1.165) is 74.8 Å². The van der Waals surface area contributed by atoms with Crippen LogP contribution in [-0.4, -0.2) is 72.9 Å². The molecule has 370 valence electrons. The summed E-state index contributed by atoms with van der Waals surface area (Å²) < 4.78 is 32.8. The van der Waals surface area contributed by atoms with Gasteiger partial charge in [0, 0.05) is 36.8 Å². The maximum Gasteiger partial charge on any atom is 0.339 e. The summed E-state index contributed by atoms with van der Waals surface area (Å²) in [6, 6.07) is 18.8. The molecule has 0 aliphatic heterocycles. The standard InChI is InChI=1S/C55H66O14/c1-3-51(58)66-33-11-7-5-9-31-64-44-24-13-38(14-25-44)36-48(56)40-18-22-43(23-19-40)55(63)69-50-30-15-39(35-47(50)53(60)61)37-49(57)41-16-20-42(21-17-41)54(62)68-46-28-26-45(27-29-46)65-32-10-6-8-12-34-67-52(59)4-2/h3-4,13-15,24-30,35,40-43H,1-2,5-12,16-23,31-34,36-37H2,(H,60,61). The van der Waals surface area contributed by atoms with Gasteiger partial charge in [-0.1, -0.05) is 31.4 Å². The van der Waals surface area contributed by atoms with Gasteiger partial charge in [0.1, 0.15) is 40.1 Å². The van der Waals surface area contributed by atoms with E-state index in [4.69, 9.17) is 28.4 Å². The third-order valence-electron chi connectivity index (χ3n) is 12.7. The summed E-state index contributed by atoms with van der Waals surface area (Å²) in [6.45, 7) is 8.59. The van der Waals surface area contributed by atoms with Crippen LogP contribution in [0.5, 0.6) is 23.0 Å². The fourth-order valence-corrected chi connectivity index (χ4v) is 8.59. The summed E-state index contributed by atoms with van der Waals surface area (Å²) in [4.78, 5) is 87.3. The van der Waals surface area contributed by atoms with E-state index in [1.54, 1.807) is 30.3 Å². The van der Waals surface area contributed by atoms with Gasteiger partial charge in [-0.3, -0.25) is 19.2 Å². The summed E-state index contributed by atoms with van der Waals surface area (Å²) in [5.74, 6) is -2.52. The number of rotatable bonds is 29. The average Bonchev–Trinajstić information content (AvgIpc) is 3.36. The van der Waals surface area contributed by atoms with Crippen molar-refractivity contribution in [3.05, 3.63) is 109 Å². The largest absolute Gasteiger partial charge is 0.494 e. The van der Waals surface area contributed by atoms with Crippen LogP contribution in [0.4, 0.5) is 0 Å². The van der Waals surface area contributed by atoms with E-state index in [1.165, 1.54) is 12.1 Å². The minimum atomic E-state index is -1.28. The van der Waals surface area contributed by atoms with Crippen LogP contribution in [0.15, 0.2) is 92.0 Å². The van der Waals surface area contributed by atoms with Crippen molar-refractivity contribution in [2.75, 3.05) is 26.4 Å². The first kappa shape index (κ1) is 53.4. The lowest BCUT2D eigenvalue weighted by atomic mass is 9.79. The van der Waals surface area contributed by atoms with Crippen LogP contribution >= 0.6 is 0 Å². The van der Waals surface area contributed by atoms with Crippen molar-refractivity contribution in [3.8, 4) is 23.0 Å². The monoisotopic (exact) mass is 950 g/mol. The molecule has 2 aliphatic carbocycles. The summed E-state index contributed by atoms with van der Waals surface area (Å²) in [7, 11) is 0. The molecule has 2 fully saturated rings. The minimum absolute atomic E-state index is 0.00615. The number of carboxylic acid groups (broad SMARTS) is 1. The number of Topliss-reactive ketones (excluding diaryl/α,β-unsaturated/α-hetero) is 2. The average molecular weight is 951 g/mol. The van der Waals surface area contributed by atoms with Crippen molar-refractivity contribution >= 4 is 41.4 Å². The zero-order chi connectivity index (χ0) is 49.4. The quantitative estimate of drug-likeness (QED) is 0.0299. The van der Waals surface area contributed by atoms with Crippen LogP contribution in [0.25, 0.3) is 0 Å². The Morgan fingerprint density at radius 2 is 0.870 bits per heavy atom. The fraction of sp³-hybridized carbons (Fsp3) is 0.473. The molecule has 5 rings (SSSR count). The Balaban J connectivity index is 0.966. The van der Waals surface area contributed by atoms with Gasteiger partial charge < -0.3 is 33.5 Å². The molecule has 2 saturated carbocycles. The molecule has 1 N–H and O–H groups in total.